The van der Waals surface area contributed by atoms with E-state index >= 15 is 0 Å². The second-order valence-corrected chi connectivity index (χ2v) is 5.65. The zero-order valence-electron chi connectivity index (χ0n) is 10.2. The van der Waals surface area contributed by atoms with Crippen molar-refractivity contribution in [3.8, 4) is 0 Å². The number of aryl methyl sites for hydroxylation is 1. The first-order valence-electron chi connectivity index (χ1n) is 5.85. The van der Waals surface area contributed by atoms with Crippen LogP contribution in [0.2, 0.25) is 5.02 Å². The van der Waals surface area contributed by atoms with Crippen LogP contribution in [0.5, 0.6) is 0 Å². The van der Waals surface area contributed by atoms with Crippen LogP contribution in [0.15, 0.2) is 46.9 Å². The van der Waals surface area contributed by atoms with Gasteiger partial charge >= 0.3 is 0 Å². The Morgan fingerprint density at radius 1 is 1.06 bits per heavy atom. The molecule has 0 aliphatic carbocycles. The molecule has 0 atom stereocenters. The van der Waals surface area contributed by atoms with E-state index in [0.717, 1.165) is 28.1 Å². The van der Waals surface area contributed by atoms with Gasteiger partial charge < -0.3 is 5.32 Å². The topological polar surface area (TPSA) is 12.0 Å². The Morgan fingerprint density at radius 3 is 2.44 bits per heavy atom. The van der Waals surface area contributed by atoms with Gasteiger partial charge in [0.15, 0.2) is 0 Å². The summed E-state index contributed by atoms with van der Waals surface area (Å²) in [5.41, 5.74) is 3.69. The number of hydrogen-bond donors (Lipinski definition) is 1. The molecule has 0 fully saturated rings. The van der Waals surface area contributed by atoms with Gasteiger partial charge in [0.2, 0.25) is 0 Å². The normalized spacial score (nSPS) is 10.6. The molecule has 0 spiro atoms. The highest BCUT2D eigenvalue weighted by atomic mass is 79.9. The summed E-state index contributed by atoms with van der Waals surface area (Å²) in [6, 6.07) is 14.5. The quantitative estimate of drug-likeness (QED) is 0.859. The molecule has 0 aromatic heterocycles. The van der Waals surface area contributed by atoms with Gasteiger partial charge in [-0.25, -0.2) is 0 Å². The highest BCUT2D eigenvalue weighted by Gasteiger charge is 2.00. The average Bonchev–Trinajstić information content (AvgIpc) is 2.34. The Balaban J connectivity index is 1.90. The molecule has 0 aliphatic rings. The molecule has 0 bridgehead atoms. The van der Waals surface area contributed by atoms with Crippen LogP contribution in [0.25, 0.3) is 0 Å². The number of rotatable bonds is 4. The fourth-order valence-corrected chi connectivity index (χ4v) is 2.45. The van der Waals surface area contributed by atoms with E-state index in [2.05, 4.69) is 52.4 Å². The molecule has 2 aromatic rings. The Kier molecular flexibility index (Phi) is 4.81. The van der Waals surface area contributed by atoms with E-state index in [-0.39, 0.29) is 0 Å². The van der Waals surface area contributed by atoms with Gasteiger partial charge in [-0.05, 0) is 30.2 Å². The number of benzene rings is 2. The molecule has 0 amide bonds. The van der Waals surface area contributed by atoms with Gasteiger partial charge in [0.05, 0.1) is 0 Å². The van der Waals surface area contributed by atoms with Crippen molar-refractivity contribution in [2.75, 3.05) is 0 Å². The molecule has 0 radical (unpaired) electrons. The van der Waals surface area contributed by atoms with E-state index in [1.54, 1.807) is 0 Å². The smallest absolute Gasteiger partial charge is 0.0462 e. The Morgan fingerprint density at radius 2 is 1.78 bits per heavy atom. The fourth-order valence-electron chi connectivity index (χ4n) is 1.71. The van der Waals surface area contributed by atoms with Crippen LogP contribution in [0.1, 0.15) is 16.7 Å². The van der Waals surface area contributed by atoms with E-state index in [0.29, 0.717) is 0 Å². The third-order valence-corrected chi connectivity index (χ3v) is 3.63. The molecule has 2 rings (SSSR count). The highest BCUT2D eigenvalue weighted by Crippen LogP contribution is 2.21. The second kappa shape index (κ2) is 6.37. The fraction of sp³-hybridized carbons (Fsp3) is 0.200. The molecule has 1 nitrogen and oxygen atoms in total. The molecule has 18 heavy (non-hydrogen) atoms. The van der Waals surface area contributed by atoms with Crippen LogP contribution >= 0.6 is 27.5 Å². The van der Waals surface area contributed by atoms with Crippen LogP contribution in [-0.4, -0.2) is 0 Å². The zero-order chi connectivity index (χ0) is 13.0. The third kappa shape index (κ3) is 3.84. The molecular formula is C15H15BrClN. The standard InChI is InChI=1S/C15H15BrClN/c1-11-2-4-12(5-3-11)9-18-10-13-6-7-14(16)8-15(13)17/h2-8,18H,9-10H2,1H3. The molecule has 2 aromatic carbocycles. The van der Waals surface area contributed by atoms with Gasteiger partial charge in [-0.15, -0.1) is 0 Å². The first-order valence-corrected chi connectivity index (χ1v) is 7.02. The van der Waals surface area contributed by atoms with Gasteiger partial charge in [-0.2, -0.15) is 0 Å². The lowest BCUT2D eigenvalue weighted by Crippen LogP contribution is -2.12. The number of halogens is 2. The van der Waals surface area contributed by atoms with Gasteiger partial charge in [0, 0.05) is 22.6 Å². The van der Waals surface area contributed by atoms with Crippen molar-refractivity contribution in [1.82, 2.24) is 5.32 Å². The van der Waals surface area contributed by atoms with Crippen LogP contribution in [0.4, 0.5) is 0 Å². The number of nitrogens with one attached hydrogen (secondary N) is 1. The maximum absolute atomic E-state index is 6.16. The summed E-state index contributed by atoms with van der Waals surface area (Å²) >= 11 is 9.57. The van der Waals surface area contributed by atoms with Crippen LogP contribution in [-0.2, 0) is 13.1 Å². The molecule has 0 aliphatic heterocycles. The van der Waals surface area contributed by atoms with Crippen molar-refractivity contribution in [2.24, 2.45) is 0 Å². The predicted molar refractivity (Wildman–Crippen MR) is 80.9 cm³/mol. The lowest BCUT2D eigenvalue weighted by Gasteiger charge is -2.07. The van der Waals surface area contributed by atoms with Crippen molar-refractivity contribution in [3.05, 3.63) is 68.7 Å². The minimum absolute atomic E-state index is 0.778. The molecule has 0 unspecified atom stereocenters. The molecular weight excluding hydrogens is 310 g/mol. The molecule has 3 heteroatoms. The van der Waals surface area contributed by atoms with Crippen molar-refractivity contribution in [1.29, 1.82) is 0 Å². The van der Waals surface area contributed by atoms with Gasteiger partial charge in [-0.1, -0.05) is 63.4 Å². The summed E-state index contributed by atoms with van der Waals surface area (Å²) in [5, 5.41) is 4.19. The second-order valence-electron chi connectivity index (χ2n) is 4.32. The van der Waals surface area contributed by atoms with Gasteiger partial charge in [0.25, 0.3) is 0 Å². The van der Waals surface area contributed by atoms with E-state index in [9.17, 15) is 0 Å². The minimum atomic E-state index is 0.778. The van der Waals surface area contributed by atoms with Crippen molar-refractivity contribution in [2.45, 2.75) is 20.0 Å². The first-order chi connectivity index (χ1) is 8.65. The predicted octanol–water partition coefficient (Wildman–Crippen LogP) is 4.70. The molecule has 94 valence electrons. The Bertz CT molecular complexity index is 523. The summed E-state index contributed by atoms with van der Waals surface area (Å²) in [4.78, 5) is 0. The monoisotopic (exact) mass is 323 g/mol. The highest BCUT2D eigenvalue weighted by molar-refractivity contribution is 9.10. The van der Waals surface area contributed by atoms with Crippen molar-refractivity contribution >= 4 is 27.5 Å². The maximum atomic E-state index is 6.16. The van der Waals surface area contributed by atoms with Gasteiger partial charge in [0.1, 0.15) is 0 Å². The minimum Gasteiger partial charge on any atom is -0.309 e. The Hall–Kier alpha value is -0.830. The van der Waals surface area contributed by atoms with Crippen LogP contribution in [0, 0.1) is 6.92 Å². The zero-order valence-corrected chi connectivity index (χ0v) is 12.6. The Labute approximate surface area is 121 Å². The summed E-state index contributed by atoms with van der Waals surface area (Å²) in [6.07, 6.45) is 0. The molecule has 0 saturated heterocycles. The van der Waals surface area contributed by atoms with Crippen molar-refractivity contribution in [3.63, 3.8) is 0 Å². The van der Waals surface area contributed by atoms with E-state index in [1.807, 2.05) is 18.2 Å². The number of hydrogen-bond acceptors (Lipinski definition) is 1. The summed E-state index contributed by atoms with van der Waals surface area (Å²) in [7, 11) is 0. The molecule has 0 saturated carbocycles. The van der Waals surface area contributed by atoms with Crippen LogP contribution < -0.4 is 5.32 Å². The summed E-state index contributed by atoms with van der Waals surface area (Å²) < 4.78 is 1.01. The van der Waals surface area contributed by atoms with E-state index in [1.165, 1.54) is 11.1 Å². The maximum Gasteiger partial charge on any atom is 0.0462 e. The SMILES string of the molecule is Cc1ccc(CNCc2ccc(Br)cc2Cl)cc1. The van der Waals surface area contributed by atoms with Crippen molar-refractivity contribution < 1.29 is 0 Å². The van der Waals surface area contributed by atoms with E-state index in [4.69, 9.17) is 11.6 Å². The summed E-state index contributed by atoms with van der Waals surface area (Å²) in [5.74, 6) is 0. The van der Waals surface area contributed by atoms with Gasteiger partial charge in [-0.3, -0.25) is 0 Å². The average molecular weight is 325 g/mol. The summed E-state index contributed by atoms with van der Waals surface area (Å²) in [6.45, 7) is 3.73. The van der Waals surface area contributed by atoms with E-state index < -0.39 is 0 Å². The lowest BCUT2D eigenvalue weighted by molar-refractivity contribution is 0.693. The molecule has 0 heterocycles. The largest absolute Gasteiger partial charge is 0.309 e. The first kappa shape index (κ1) is 13.6. The van der Waals surface area contributed by atoms with Crippen LogP contribution in [0.3, 0.4) is 0 Å². The lowest BCUT2D eigenvalue weighted by atomic mass is 10.1. The molecule has 1 N–H and O–H groups in total. The third-order valence-electron chi connectivity index (χ3n) is 2.78.